The minimum Gasteiger partial charge on any atom is -0.273 e. The Balaban J connectivity index is 1.11. The predicted molar refractivity (Wildman–Crippen MR) is 192 cm³/mol. The Morgan fingerprint density at radius 1 is 0.377 bits per heavy atom. The minimum absolute atomic E-state index is 0.00862. The zero-order valence-corrected chi connectivity index (χ0v) is 28.4. The lowest BCUT2D eigenvalue weighted by Crippen LogP contribution is -2.29. The second-order valence-corrected chi connectivity index (χ2v) is 13.0. The van der Waals surface area contributed by atoms with Gasteiger partial charge in [0.15, 0.2) is 0 Å². The molecule has 0 amide bonds. The molecule has 0 aliphatic rings. The molecule has 0 aliphatic heterocycles. The summed E-state index contributed by atoms with van der Waals surface area (Å²) >= 11 is 0. The number of nitrogens with zero attached hydrogens (tertiary/aromatic N) is 12. The molecule has 0 bridgehead atoms. The summed E-state index contributed by atoms with van der Waals surface area (Å²) in [6, 6.07) is 28.6. The summed E-state index contributed by atoms with van der Waals surface area (Å²) in [5.41, 5.74) is 3.72. The number of fused-ring (bicyclic) bond motifs is 4. The first kappa shape index (κ1) is 33.3. The van der Waals surface area contributed by atoms with Crippen LogP contribution in [-0.4, -0.2) is 83.6 Å². The molecule has 0 spiro atoms. The summed E-state index contributed by atoms with van der Waals surface area (Å²) in [5, 5.41) is 33.0. The highest BCUT2D eigenvalue weighted by Gasteiger charge is 2.34. The molecule has 8 aromatic rings. The molecular weight excluding hydrogens is 676 g/mol. The first-order valence-electron chi connectivity index (χ1n) is 17.2. The van der Waals surface area contributed by atoms with Gasteiger partial charge in [-0.1, -0.05) is 69.4 Å². The first-order valence-corrected chi connectivity index (χ1v) is 17.2. The minimum atomic E-state index is -0.865. The highest BCUT2D eigenvalue weighted by molar-refractivity contribution is 5.91. The summed E-state index contributed by atoms with van der Waals surface area (Å²) in [7, 11) is 0. The maximum Gasteiger partial charge on any atom is 0.248 e. The van der Waals surface area contributed by atoms with Crippen LogP contribution in [0, 0.1) is 5.41 Å². The van der Waals surface area contributed by atoms with Crippen LogP contribution in [0.1, 0.15) is 70.5 Å². The normalized spacial score (nSPS) is 11.9. The lowest BCUT2D eigenvalue weighted by molar-refractivity contribution is 0.0756. The third-order valence-corrected chi connectivity index (χ3v) is 9.83. The van der Waals surface area contributed by atoms with Gasteiger partial charge in [-0.05, 0) is 79.6 Å². The molecule has 4 heterocycles. The Bertz CT molecular complexity index is 2290. The Morgan fingerprint density at radius 2 is 0.604 bits per heavy atom. The Kier molecular flexibility index (Phi) is 8.83. The highest BCUT2D eigenvalue weighted by Crippen LogP contribution is 2.41. The van der Waals surface area contributed by atoms with Crippen molar-refractivity contribution in [1.82, 2.24) is 60.0 Å². The smallest absolute Gasteiger partial charge is 0.248 e. The van der Waals surface area contributed by atoms with E-state index in [1.807, 2.05) is 24.3 Å². The lowest BCUT2D eigenvalue weighted by Gasteiger charge is -2.34. The van der Waals surface area contributed by atoms with Gasteiger partial charge in [0.2, 0.25) is 23.6 Å². The molecule has 0 aliphatic carbocycles. The second kappa shape index (κ2) is 14.1. The van der Waals surface area contributed by atoms with Crippen molar-refractivity contribution in [1.29, 1.82) is 0 Å². The fourth-order valence-corrected chi connectivity index (χ4v) is 6.87. The number of rotatable bonds is 12. The van der Waals surface area contributed by atoms with Gasteiger partial charge < -0.3 is 0 Å². The maximum absolute atomic E-state index is 13.8. The summed E-state index contributed by atoms with van der Waals surface area (Å²) in [5.74, 6) is -1.23. The van der Waals surface area contributed by atoms with E-state index in [2.05, 4.69) is 41.2 Å². The quantitative estimate of drug-likeness (QED) is 0.157. The third-order valence-electron chi connectivity index (χ3n) is 9.83. The molecule has 0 atom stereocenters. The largest absolute Gasteiger partial charge is 0.273 e. The zero-order valence-electron chi connectivity index (χ0n) is 28.4. The molecule has 264 valence electrons. The van der Waals surface area contributed by atoms with Gasteiger partial charge in [-0.15, -0.1) is 20.4 Å². The molecule has 0 saturated heterocycles. The molecule has 53 heavy (non-hydrogen) atoms. The van der Waals surface area contributed by atoms with E-state index in [9.17, 15) is 19.2 Å². The van der Waals surface area contributed by atoms with Gasteiger partial charge in [-0.25, -0.2) is 0 Å². The van der Waals surface area contributed by atoms with E-state index in [1.165, 1.54) is 18.7 Å². The van der Waals surface area contributed by atoms with E-state index >= 15 is 0 Å². The van der Waals surface area contributed by atoms with Crippen LogP contribution in [0.5, 0.6) is 0 Å². The van der Waals surface area contributed by atoms with Gasteiger partial charge in [0, 0.05) is 25.7 Å². The SMILES string of the molecule is O=C(CCC(CCC(=O)n1nnc2ccccc21)(CCC(=O)n1nnc2ccccc21)CCC(=O)n1nnc2ccccc21)n1nnc2ccccc21. The van der Waals surface area contributed by atoms with Crippen LogP contribution in [0.25, 0.3) is 44.1 Å². The molecule has 0 fully saturated rings. The predicted octanol–water partition coefficient (Wildman–Crippen LogP) is 5.43. The van der Waals surface area contributed by atoms with E-state index in [1.54, 1.807) is 72.8 Å². The maximum atomic E-state index is 13.8. The first-order chi connectivity index (χ1) is 25.9. The van der Waals surface area contributed by atoms with Gasteiger partial charge in [0.05, 0.1) is 22.1 Å². The lowest BCUT2D eigenvalue weighted by atomic mass is 9.71. The number of aromatic nitrogens is 12. The summed E-state index contributed by atoms with van der Waals surface area (Å²) in [6.45, 7) is 0. The van der Waals surface area contributed by atoms with Crippen molar-refractivity contribution in [3.8, 4) is 0 Å². The van der Waals surface area contributed by atoms with Gasteiger partial charge in [-0.3, -0.25) is 19.2 Å². The van der Waals surface area contributed by atoms with Gasteiger partial charge in [0.25, 0.3) is 0 Å². The van der Waals surface area contributed by atoms with Crippen molar-refractivity contribution < 1.29 is 19.2 Å². The Hall–Kier alpha value is -6.84. The average molecular weight is 709 g/mol. The molecule has 4 aromatic heterocycles. The van der Waals surface area contributed by atoms with E-state index in [0.29, 0.717) is 44.1 Å². The summed E-state index contributed by atoms with van der Waals surface area (Å²) < 4.78 is 5.08. The topological polar surface area (TPSA) is 191 Å². The summed E-state index contributed by atoms with van der Waals surface area (Å²) in [6.07, 6.45) is 0.988. The fourth-order valence-electron chi connectivity index (χ4n) is 6.87. The third kappa shape index (κ3) is 6.57. The fraction of sp³-hybridized carbons (Fsp3) is 0.243. The van der Waals surface area contributed by atoms with E-state index < -0.39 is 5.41 Å². The molecular formula is C37H32N12O4. The zero-order chi connectivity index (χ0) is 36.4. The monoisotopic (exact) mass is 708 g/mol. The van der Waals surface area contributed by atoms with Crippen LogP contribution in [0.2, 0.25) is 0 Å². The second-order valence-electron chi connectivity index (χ2n) is 13.0. The van der Waals surface area contributed by atoms with Crippen molar-refractivity contribution in [2.24, 2.45) is 5.41 Å². The van der Waals surface area contributed by atoms with Crippen molar-refractivity contribution in [3.63, 3.8) is 0 Å². The number of para-hydroxylation sites is 4. The molecule has 16 nitrogen and oxygen atoms in total. The molecule has 0 radical (unpaired) electrons. The number of carbonyl (C=O) groups excluding carboxylic acids is 4. The van der Waals surface area contributed by atoms with E-state index in [0.717, 1.165) is 0 Å². The molecule has 0 N–H and O–H groups in total. The Labute approximate surface area is 300 Å². The molecule has 0 saturated carbocycles. The van der Waals surface area contributed by atoms with E-state index in [4.69, 9.17) is 0 Å². The Morgan fingerprint density at radius 3 is 0.849 bits per heavy atom. The van der Waals surface area contributed by atoms with Crippen LogP contribution in [-0.2, 0) is 0 Å². The van der Waals surface area contributed by atoms with Gasteiger partial charge >= 0.3 is 0 Å². The number of hydrogen-bond donors (Lipinski definition) is 0. The van der Waals surface area contributed by atoms with Crippen molar-refractivity contribution in [3.05, 3.63) is 97.1 Å². The van der Waals surface area contributed by atoms with Crippen LogP contribution in [0.3, 0.4) is 0 Å². The number of hydrogen-bond acceptors (Lipinski definition) is 12. The number of carbonyl (C=O) groups is 4. The van der Waals surface area contributed by atoms with Crippen molar-refractivity contribution >= 4 is 67.8 Å². The van der Waals surface area contributed by atoms with Crippen LogP contribution in [0.4, 0.5) is 0 Å². The van der Waals surface area contributed by atoms with Gasteiger partial charge in [-0.2, -0.15) is 18.7 Å². The molecule has 16 heteroatoms. The highest BCUT2D eigenvalue weighted by atomic mass is 16.2. The molecule has 4 aromatic carbocycles. The van der Waals surface area contributed by atoms with Gasteiger partial charge in [0.1, 0.15) is 22.1 Å². The van der Waals surface area contributed by atoms with Crippen molar-refractivity contribution in [2.75, 3.05) is 0 Å². The standard InChI is InChI=1S/C37H32N12O4/c50-33(46-29-13-5-1-9-25(29)38-42-46)17-21-37(22-18-34(51)47-30-14-6-2-10-26(30)39-43-47,23-19-35(52)48-31-15-7-3-11-27(31)40-44-48)24-20-36(53)49-32-16-8-4-12-28(32)41-45-49/h1-16H,17-24H2. The average Bonchev–Trinajstić information content (AvgIpc) is 4.01. The van der Waals surface area contributed by atoms with E-state index in [-0.39, 0.29) is 75.0 Å². The van der Waals surface area contributed by atoms with Crippen LogP contribution < -0.4 is 0 Å². The number of benzene rings is 4. The summed E-state index contributed by atoms with van der Waals surface area (Å²) in [4.78, 5) is 55.1. The van der Waals surface area contributed by atoms with Crippen LogP contribution >= 0.6 is 0 Å². The molecule has 8 rings (SSSR count). The van der Waals surface area contributed by atoms with Crippen molar-refractivity contribution in [2.45, 2.75) is 51.4 Å². The van der Waals surface area contributed by atoms with Crippen LogP contribution in [0.15, 0.2) is 97.1 Å². The molecule has 0 unspecified atom stereocenters.